The van der Waals surface area contributed by atoms with Crippen molar-refractivity contribution in [3.05, 3.63) is 40.7 Å². The number of aliphatic hydroxyl groups is 6. The fourth-order valence-electron chi connectivity index (χ4n) is 7.63. The molecule has 8 unspecified atom stereocenters. The van der Waals surface area contributed by atoms with Crippen molar-refractivity contribution in [2.24, 2.45) is 11.1 Å². The Morgan fingerprint density at radius 2 is 1.35 bits per heavy atom. The van der Waals surface area contributed by atoms with Gasteiger partial charge in [0.2, 0.25) is 0 Å². The van der Waals surface area contributed by atoms with Gasteiger partial charge >= 0.3 is 5.97 Å². The van der Waals surface area contributed by atoms with Crippen LogP contribution in [-0.4, -0.2) is 156 Å². The predicted molar refractivity (Wildman–Crippen MR) is 265 cm³/mol. The molecular formula is C52H94N2O15. The normalized spacial score (nSPS) is 21.2. The number of phenols is 1. The van der Waals surface area contributed by atoms with Gasteiger partial charge in [0.05, 0.1) is 44.8 Å². The molecule has 1 heterocycles. The molecule has 1 aromatic rings. The van der Waals surface area contributed by atoms with Crippen molar-refractivity contribution in [1.29, 1.82) is 0 Å². The van der Waals surface area contributed by atoms with Crippen LogP contribution in [0.2, 0.25) is 0 Å². The number of esters is 1. The summed E-state index contributed by atoms with van der Waals surface area (Å²) >= 11 is 0. The van der Waals surface area contributed by atoms with Crippen molar-refractivity contribution in [3.63, 3.8) is 0 Å². The molecular weight excluding hydrogens is 893 g/mol. The largest absolute Gasteiger partial charge is 0.507 e. The van der Waals surface area contributed by atoms with Crippen LogP contribution in [0.5, 0.6) is 5.75 Å². The maximum Gasteiger partial charge on any atom is 0.342 e. The lowest BCUT2D eigenvalue weighted by Crippen LogP contribution is -2.61. The van der Waals surface area contributed by atoms with E-state index in [1.165, 1.54) is 51.4 Å². The van der Waals surface area contributed by atoms with E-state index in [0.29, 0.717) is 44.3 Å². The van der Waals surface area contributed by atoms with Gasteiger partial charge in [-0.3, -0.25) is 0 Å². The number of carbonyl (C=O) groups is 1. The van der Waals surface area contributed by atoms with E-state index in [9.17, 15) is 40.5 Å². The second-order valence-electron chi connectivity index (χ2n) is 21.3. The molecule has 10 N–H and O–H groups in total. The van der Waals surface area contributed by atoms with Crippen molar-refractivity contribution in [2.75, 3.05) is 59.4 Å². The third-order valence-corrected chi connectivity index (χ3v) is 12.1. The van der Waals surface area contributed by atoms with Gasteiger partial charge in [0, 0.05) is 36.9 Å². The lowest BCUT2D eigenvalue weighted by atomic mass is 9.79. The van der Waals surface area contributed by atoms with Gasteiger partial charge in [-0.2, -0.15) is 0 Å². The van der Waals surface area contributed by atoms with E-state index in [4.69, 9.17) is 38.9 Å². The molecule has 0 aromatic heterocycles. The number of aromatic hydroxyl groups is 1. The van der Waals surface area contributed by atoms with Crippen LogP contribution in [0.3, 0.4) is 0 Å². The zero-order valence-corrected chi connectivity index (χ0v) is 43.8. The Kier molecular flexibility index (Phi) is 28.7. The number of ether oxygens (including phenoxy) is 7. The zero-order valence-electron chi connectivity index (χ0n) is 43.8. The molecule has 0 amide bonds. The number of nitrogens with two attached hydrogens (primary N) is 1. The highest BCUT2D eigenvalue weighted by molar-refractivity contribution is 5.93. The van der Waals surface area contributed by atoms with Gasteiger partial charge in [-0.25, -0.2) is 4.79 Å². The standard InChI is InChI=1S/C52H94N2O15/c1-11-13-15-17-19-21-23-63-32-52(10,33-64-24-22-20-18-16-14-12-2)34-65-30-37(53)28-54-27-35(3)67-48(43(58)40(56)29-55)69-49-46(61)45(60)44(59)41(68-49)31-66-47(62)38-25-36(50(4,5)6)26-39(42(38)57)51(7,8)9/h25-26,28,35,40-41,43-46,48-49,54-61H,11-24,27,29-34,53H2,1-10H3/b37-28-/t35?,40-,41?,43?,44?,45?,46?,48?,49?/m1/s1. The first kappa shape index (κ1) is 62.5. The van der Waals surface area contributed by atoms with Crippen LogP contribution in [0.15, 0.2) is 24.0 Å². The van der Waals surface area contributed by atoms with Crippen molar-refractivity contribution in [3.8, 4) is 5.75 Å². The average molecular weight is 987 g/mol. The smallest absolute Gasteiger partial charge is 0.342 e. The molecule has 1 aromatic carbocycles. The van der Waals surface area contributed by atoms with Gasteiger partial charge in [-0.05, 0) is 42.2 Å². The summed E-state index contributed by atoms with van der Waals surface area (Å²) in [6.07, 6.45) is 0.832. The second-order valence-corrected chi connectivity index (χ2v) is 21.3. The van der Waals surface area contributed by atoms with E-state index in [1.807, 2.05) is 47.6 Å². The number of carbonyl (C=O) groups excluding carboxylic acids is 1. The Morgan fingerprint density at radius 3 is 1.88 bits per heavy atom. The lowest BCUT2D eigenvalue weighted by molar-refractivity contribution is -0.356. The number of aliphatic hydroxyl groups excluding tert-OH is 6. The number of nitrogens with one attached hydrogen (secondary N) is 1. The molecule has 0 bridgehead atoms. The highest BCUT2D eigenvalue weighted by Gasteiger charge is 2.47. The topological polar surface area (TPSA) is 261 Å². The molecule has 1 aliphatic rings. The summed E-state index contributed by atoms with van der Waals surface area (Å²) < 4.78 is 41.3. The molecule has 1 aliphatic heterocycles. The van der Waals surface area contributed by atoms with Crippen molar-refractivity contribution >= 4 is 5.97 Å². The fraction of sp³-hybridized carbons (Fsp3) is 0.827. The van der Waals surface area contributed by atoms with Crippen molar-refractivity contribution in [2.45, 2.75) is 212 Å². The van der Waals surface area contributed by atoms with Gasteiger partial charge in [0.25, 0.3) is 0 Å². The van der Waals surface area contributed by atoms with E-state index in [1.54, 1.807) is 19.2 Å². The van der Waals surface area contributed by atoms with E-state index in [0.717, 1.165) is 31.2 Å². The molecule has 0 aliphatic carbocycles. The first-order valence-corrected chi connectivity index (χ1v) is 25.4. The van der Waals surface area contributed by atoms with Gasteiger partial charge < -0.3 is 80.0 Å². The number of phenolic OH excluding ortho intramolecular Hbond substituents is 1. The van der Waals surface area contributed by atoms with Crippen molar-refractivity contribution in [1.82, 2.24) is 5.32 Å². The quantitative estimate of drug-likeness (QED) is 0.0228. The van der Waals surface area contributed by atoms with Gasteiger partial charge in [-0.15, -0.1) is 0 Å². The first-order valence-electron chi connectivity index (χ1n) is 25.4. The SMILES string of the molecule is CCCCCCCCOCC(C)(COCCCCCCCC)COC/C(N)=C/NCC(C)OC(OC1OC(COC(=O)c2cc(C(C)(C)C)cc(C(C)(C)C)c2O)C(O)C(O)C1O)C(O)[C@H](O)CO. The van der Waals surface area contributed by atoms with E-state index in [2.05, 4.69) is 26.1 Å². The Bertz CT molecular complexity index is 1580. The lowest BCUT2D eigenvalue weighted by Gasteiger charge is -2.42. The number of rotatable bonds is 35. The molecule has 0 radical (unpaired) electrons. The minimum absolute atomic E-state index is 0.103. The van der Waals surface area contributed by atoms with E-state index in [-0.39, 0.29) is 35.3 Å². The Balaban J connectivity index is 2.05. The molecule has 17 heteroatoms. The monoisotopic (exact) mass is 987 g/mol. The number of hydrogen-bond acceptors (Lipinski definition) is 17. The Morgan fingerprint density at radius 1 is 0.797 bits per heavy atom. The summed E-state index contributed by atoms with van der Waals surface area (Å²) in [5, 5.41) is 77.7. The molecule has 0 saturated carbocycles. The zero-order chi connectivity index (χ0) is 51.8. The summed E-state index contributed by atoms with van der Waals surface area (Å²) in [6, 6.07) is 3.39. The fourth-order valence-corrected chi connectivity index (χ4v) is 7.63. The minimum Gasteiger partial charge on any atom is -0.507 e. The number of hydrogen-bond donors (Lipinski definition) is 9. The third-order valence-electron chi connectivity index (χ3n) is 12.1. The number of benzene rings is 1. The van der Waals surface area contributed by atoms with Crippen LogP contribution in [-0.2, 0) is 44.0 Å². The Hall–Kier alpha value is -2.65. The summed E-state index contributed by atoms with van der Waals surface area (Å²) in [4.78, 5) is 13.5. The summed E-state index contributed by atoms with van der Waals surface area (Å²) in [7, 11) is 0. The van der Waals surface area contributed by atoms with E-state index >= 15 is 0 Å². The highest BCUT2D eigenvalue weighted by Crippen LogP contribution is 2.38. The minimum atomic E-state index is -1.89. The maximum absolute atomic E-state index is 13.5. The Labute approximate surface area is 413 Å². The summed E-state index contributed by atoms with van der Waals surface area (Å²) in [5.41, 5.74) is 6.59. The molecule has 9 atom stereocenters. The summed E-state index contributed by atoms with van der Waals surface area (Å²) in [6.45, 7) is 21.1. The van der Waals surface area contributed by atoms with Gasteiger partial charge in [0.15, 0.2) is 12.6 Å². The molecule has 402 valence electrons. The molecule has 0 spiro atoms. The maximum atomic E-state index is 13.5. The summed E-state index contributed by atoms with van der Waals surface area (Å²) in [5.74, 6) is -1.18. The van der Waals surface area contributed by atoms with E-state index < -0.39 is 79.9 Å². The van der Waals surface area contributed by atoms with Crippen LogP contribution < -0.4 is 11.1 Å². The molecule has 17 nitrogen and oxygen atoms in total. The second kappa shape index (κ2) is 31.7. The predicted octanol–water partition coefficient (Wildman–Crippen LogP) is 5.58. The average Bonchev–Trinajstić information content (AvgIpc) is 3.28. The van der Waals surface area contributed by atoms with Gasteiger partial charge in [-0.1, -0.05) is 133 Å². The highest BCUT2D eigenvalue weighted by atomic mass is 16.8. The molecule has 1 saturated heterocycles. The van der Waals surface area contributed by atoms with Gasteiger partial charge in [0.1, 0.15) is 54.5 Å². The van der Waals surface area contributed by atoms with Crippen LogP contribution >= 0.6 is 0 Å². The number of unbranched alkanes of at least 4 members (excludes halogenated alkanes) is 10. The molecule has 69 heavy (non-hydrogen) atoms. The van der Waals surface area contributed by atoms with Crippen LogP contribution in [0.4, 0.5) is 0 Å². The van der Waals surface area contributed by atoms with Crippen LogP contribution in [0.1, 0.15) is 168 Å². The van der Waals surface area contributed by atoms with Crippen molar-refractivity contribution < 1.29 is 73.7 Å². The third kappa shape index (κ3) is 22.8. The first-order chi connectivity index (χ1) is 32.5. The van der Waals surface area contributed by atoms with Crippen LogP contribution in [0, 0.1) is 5.41 Å². The van der Waals surface area contributed by atoms with Crippen LogP contribution in [0.25, 0.3) is 0 Å². The molecule has 1 fully saturated rings. The molecule has 2 rings (SSSR count).